The van der Waals surface area contributed by atoms with E-state index in [2.05, 4.69) is 69.6 Å². The molecule has 0 atom stereocenters. The average molecular weight is 361 g/mol. The van der Waals surface area contributed by atoms with Crippen molar-refractivity contribution in [3.05, 3.63) is 51.7 Å². The van der Waals surface area contributed by atoms with Crippen molar-refractivity contribution in [2.75, 3.05) is 0 Å². The predicted molar refractivity (Wildman–Crippen MR) is 88.8 cm³/mol. The minimum absolute atomic E-state index is 0.758. The highest BCUT2D eigenvalue weighted by Gasteiger charge is 2.23. The first kappa shape index (κ1) is 11.8. The van der Waals surface area contributed by atoms with E-state index >= 15 is 0 Å². The Balaban J connectivity index is 2.14. The first-order valence-corrected chi connectivity index (χ1v) is 8.11. The van der Waals surface area contributed by atoms with Gasteiger partial charge in [0.1, 0.15) is 0 Å². The van der Waals surface area contributed by atoms with Crippen LogP contribution in [0.5, 0.6) is 0 Å². The van der Waals surface area contributed by atoms with Gasteiger partial charge in [-0.05, 0) is 65.1 Å². The van der Waals surface area contributed by atoms with Gasteiger partial charge in [-0.15, -0.1) is 0 Å². The fourth-order valence-electron chi connectivity index (χ4n) is 3.54. The smallest absolute Gasteiger partial charge is 0.0538 e. The van der Waals surface area contributed by atoms with Crippen LogP contribution in [-0.2, 0) is 0 Å². The van der Waals surface area contributed by atoms with E-state index in [4.69, 9.17) is 0 Å². The van der Waals surface area contributed by atoms with Crippen LogP contribution in [0.3, 0.4) is 0 Å². The molecule has 0 aliphatic heterocycles. The summed E-state index contributed by atoms with van der Waals surface area (Å²) in [5.41, 5.74) is 4.32. The second-order valence-corrected chi connectivity index (χ2v) is 6.57. The highest BCUT2D eigenvalue weighted by molar-refractivity contribution is 14.1. The van der Waals surface area contributed by atoms with Gasteiger partial charge in [0.25, 0.3) is 0 Å². The van der Waals surface area contributed by atoms with Crippen LogP contribution < -0.4 is 0 Å². The quantitative estimate of drug-likeness (QED) is 0.515. The fraction of sp³-hybridized carbons (Fsp3) is 0.294. The summed E-state index contributed by atoms with van der Waals surface area (Å²) in [5.74, 6) is 0.758. The normalized spacial score (nSPS) is 16.7. The first-order chi connectivity index (χ1) is 9.36. The van der Waals surface area contributed by atoms with Gasteiger partial charge in [0, 0.05) is 15.2 Å². The predicted octanol–water partition coefficient (Wildman–Crippen LogP) is 5.35. The van der Waals surface area contributed by atoms with E-state index in [1.807, 2.05) is 0 Å². The van der Waals surface area contributed by atoms with Crippen molar-refractivity contribution in [3.8, 4) is 0 Å². The standard InChI is InChI=1S/C17H16IN/c18-17-13-8-3-4-9-14(13)19-11-5-10-15(19)16(17)12-6-1-2-7-12/h3-5,8-12H,1-2,6-7H2. The van der Waals surface area contributed by atoms with E-state index in [1.54, 1.807) is 5.56 Å². The Morgan fingerprint density at radius 1 is 0.947 bits per heavy atom. The topological polar surface area (TPSA) is 4.41 Å². The maximum Gasteiger partial charge on any atom is 0.0538 e. The summed E-state index contributed by atoms with van der Waals surface area (Å²) < 4.78 is 3.83. The maximum atomic E-state index is 2.56. The van der Waals surface area contributed by atoms with E-state index in [0.717, 1.165) is 5.92 Å². The van der Waals surface area contributed by atoms with E-state index in [1.165, 1.54) is 45.7 Å². The number of rotatable bonds is 1. The van der Waals surface area contributed by atoms with Gasteiger partial charge in [-0.25, -0.2) is 0 Å². The molecular weight excluding hydrogens is 345 g/mol. The lowest BCUT2D eigenvalue weighted by atomic mass is 9.96. The Hall–Kier alpha value is -1.03. The van der Waals surface area contributed by atoms with Gasteiger partial charge in [0.05, 0.1) is 11.0 Å². The largest absolute Gasteiger partial charge is 0.316 e. The van der Waals surface area contributed by atoms with Crippen molar-refractivity contribution >= 4 is 39.0 Å². The van der Waals surface area contributed by atoms with Gasteiger partial charge in [0.15, 0.2) is 0 Å². The zero-order valence-electron chi connectivity index (χ0n) is 10.8. The molecule has 0 radical (unpaired) electrons. The molecule has 3 aromatic rings. The van der Waals surface area contributed by atoms with Crippen LogP contribution in [0.25, 0.3) is 16.4 Å². The number of halogens is 1. The van der Waals surface area contributed by atoms with Gasteiger partial charge in [-0.1, -0.05) is 31.0 Å². The van der Waals surface area contributed by atoms with E-state index in [9.17, 15) is 0 Å². The van der Waals surface area contributed by atoms with Crippen LogP contribution in [0.4, 0.5) is 0 Å². The van der Waals surface area contributed by atoms with Crippen LogP contribution in [0, 0.1) is 3.57 Å². The molecule has 0 N–H and O–H groups in total. The molecule has 1 fully saturated rings. The molecule has 0 bridgehead atoms. The molecule has 2 aromatic heterocycles. The van der Waals surface area contributed by atoms with Crippen molar-refractivity contribution in [3.63, 3.8) is 0 Å². The Labute approximate surface area is 126 Å². The molecule has 0 amide bonds. The number of hydrogen-bond donors (Lipinski definition) is 0. The molecule has 4 rings (SSSR count). The third kappa shape index (κ3) is 1.72. The van der Waals surface area contributed by atoms with Crippen LogP contribution >= 0.6 is 22.6 Å². The van der Waals surface area contributed by atoms with Crippen molar-refractivity contribution in [2.45, 2.75) is 31.6 Å². The van der Waals surface area contributed by atoms with Gasteiger partial charge >= 0.3 is 0 Å². The minimum Gasteiger partial charge on any atom is -0.316 e. The highest BCUT2D eigenvalue weighted by atomic mass is 127. The Morgan fingerprint density at radius 3 is 2.53 bits per heavy atom. The molecule has 1 aliphatic rings. The number of nitrogens with zero attached hydrogens (tertiary/aromatic N) is 1. The van der Waals surface area contributed by atoms with Gasteiger partial charge in [0.2, 0.25) is 0 Å². The zero-order chi connectivity index (χ0) is 12.8. The highest BCUT2D eigenvalue weighted by Crippen LogP contribution is 2.41. The van der Waals surface area contributed by atoms with E-state index in [-0.39, 0.29) is 0 Å². The molecule has 19 heavy (non-hydrogen) atoms. The Bertz CT molecular complexity index is 750. The van der Waals surface area contributed by atoms with Crippen LogP contribution in [0.1, 0.15) is 37.2 Å². The number of pyridine rings is 1. The van der Waals surface area contributed by atoms with Gasteiger partial charge in [-0.3, -0.25) is 0 Å². The molecule has 0 unspecified atom stereocenters. The lowest BCUT2D eigenvalue weighted by molar-refractivity contribution is 0.723. The van der Waals surface area contributed by atoms with Crippen LogP contribution in [0.2, 0.25) is 0 Å². The van der Waals surface area contributed by atoms with E-state index in [0.29, 0.717) is 0 Å². The minimum atomic E-state index is 0.758. The summed E-state index contributed by atoms with van der Waals surface area (Å²) in [6, 6.07) is 13.2. The molecule has 2 heteroatoms. The summed E-state index contributed by atoms with van der Waals surface area (Å²) in [6.45, 7) is 0. The second-order valence-electron chi connectivity index (χ2n) is 5.49. The van der Waals surface area contributed by atoms with Crippen LogP contribution in [-0.4, -0.2) is 4.40 Å². The summed E-state index contributed by atoms with van der Waals surface area (Å²) in [7, 11) is 0. The zero-order valence-corrected chi connectivity index (χ0v) is 12.9. The Morgan fingerprint density at radius 2 is 1.68 bits per heavy atom. The van der Waals surface area contributed by atoms with Crippen molar-refractivity contribution in [1.82, 2.24) is 4.40 Å². The first-order valence-electron chi connectivity index (χ1n) is 7.03. The van der Waals surface area contributed by atoms with Crippen molar-refractivity contribution in [1.29, 1.82) is 0 Å². The molecule has 0 spiro atoms. The summed E-state index contributed by atoms with van der Waals surface area (Å²) in [4.78, 5) is 0. The molecular formula is C17H16IN. The summed E-state index contributed by atoms with van der Waals surface area (Å²) in [5, 5.41) is 1.40. The van der Waals surface area contributed by atoms with Gasteiger partial charge < -0.3 is 4.40 Å². The lowest BCUT2D eigenvalue weighted by Crippen LogP contribution is -2.02. The second kappa shape index (κ2) is 4.51. The number of para-hydroxylation sites is 1. The fourth-order valence-corrected chi connectivity index (χ4v) is 4.71. The maximum absolute atomic E-state index is 2.56. The summed E-state index contributed by atoms with van der Waals surface area (Å²) in [6.07, 6.45) is 7.69. The summed E-state index contributed by atoms with van der Waals surface area (Å²) >= 11 is 2.56. The molecule has 1 saturated carbocycles. The molecule has 0 saturated heterocycles. The van der Waals surface area contributed by atoms with Gasteiger partial charge in [-0.2, -0.15) is 0 Å². The molecule has 1 nitrogen and oxygen atoms in total. The average Bonchev–Trinajstić information content (AvgIpc) is 3.10. The monoisotopic (exact) mass is 361 g/mol. The number of aromatic nitrogens is 1. The number of benzene rings is 1. The molecule has 1 aliphatic carbocycles. The molecule has 1 aromatic carbocycles. The molecule has 96 valence electrons. The lowest BCUT2D eigenvalue weighted by Gasteiger charge is -2.17. The number of fused-ring (bicyclic) bond motifs is 3. The third-order valence-electron chi connectivity index (χ3n) is 4.42. The molecule has 2 heterocycles. The van der Waals surface area contributed by atoms with Crippen LogP contribution in [0.15, 0.2) is 42.6 Å². The number of hydrogen-bond acceptors (Lipinski definition) is 0. The third-order valence-corrected chi connectivity index (χ3v) is 5.59. The van der Waals surface area contributed by atoms with Crippen molar-refractivity contribution < 1.29 is 0 Å². The van der Waals surface area contributed by atoms with E-state index < -0.39 is 0 Å². The Kier molecular flexibility index (Phi) is 2.79. The SMILES string of the molecule is Ic1c(C2CCCC2)c2cccn2c2ccccc12. The van der Waals surface area contributed by atoms with Crippen molar-refractivity contribution in [2.24, 2.45) is 0 Å².